The Bertz CT molecular complexity index is 664. The molecule has 122 valence electrons. The molecule has 0 spiro atoms. The Morgan fingerprint density at radius 1 is 0.913 bits per heavy atom. The first-order valence-corrected chi connectivity index (χ1v) is 8.16. The molecule has 0 heterocycles. The molecule has 2 rings (SSSR count). The SMILES string of the molecule is Cc1ccc(N[C@@H](NC(=O)c2ccc(C)cc2)C(Cl)(Cl)Cl)cc1. The number of amides is 1. The van der Waals surface area contributed by atoms with E-state index in [1.807, 2.05) is 50.2 Å². The van der Waals surface area contributed by atoms with Gasteiger partial charge in [-0.05, 0) is 38.1 Å². The zero-order valence-electron chi connectivity index (χ0n) is 12.7. The Morgan fingerprint density at radius 2 is 1.39 bits per heavy atom. The van der Waals surface area contributed by atoms with Crippen molar-refractivity contribution in [3.05, 3.63) is 65.2 Å². The molecule has 1 atom stereocenters. The molecule has 0 aliphatic rings. The highest BCUT2D eigenvalue weighted by atomic mass is 35.6. The molecule has 1 amide bonds. The van der Waals surface area contributed by atoms with E-state index in [9.17, 15) is 4.79 Å². The molecule has 0 saturated carbocycles. The Morgan fingerprint density at radius 3 is 1.87 bits per heavy atom. The van der Waals surface area contributed by atoms with E-state index in [0.29, 0.717) is 5.56 Å². The van der Waals surface area contributed by atoms with Gasteiger partial charge in [-0.25, -0.2) is 0 Å². The second-order valence-corrected chi connectivity index (χ2v) is 7.69. The zero-order chi connectivity index (χ0) is 17.0. The van der Waals surface area contributed by atoms with Gasteiger partial charge in [-0.3, -0.25) is 4.79 Å². The van der Waals surface area contributed by atoms with Gasteiger partial charge in [-0.2, -0.15) is 0 Å². The number of alkyl halides is 3. The van der Waals surface area contributed by atoms with Crippen molar-refractivity contribution in [3.63, 3.8) is 0 Å². The van der Waals surface area contributed by atoms with Crippen molar-refractivity contribution in [2.45, 2.75) is 23.8 Å². The fourth-order valence-corrected chi connectivity index (χ4v) is 2.26. The van der Waals surface area contributed by atoms with Crippen molar-refractivity contribution in [1.82, 2.24) is 5.32 Å². The summed E-state index contributed by atoms with van der Waals surface area (Å²) >= 11 is 18.0. The van der Waals surface area contributed by atoms with Gasteiger partial charge in [0.1, 0.15) is 6.17 Å². The third-order valence-electron chi connectivity index (χ3n) is 3.28. The number of carbonyl (C=O) groups is 1. The molecule has 2 N–H and O–H groups in total. The Kier molecular flexibility index (Phi) is 5.79. The Balaban J connectivity index is 2.14. The van der Waals surface area contributed by atoms with Gasteiger partial charge < -0.3 is 10.6 Å². The second kappa shape index (κ2) is 7.43. The van der Waals surface area contributed by atoms with E-state index in [0.717, 1.165) is 16.8 Å². The summed E-state index contributed by atoms with van der Waals surface area (Å²) in [5.74, 6) is -0.319. The average Bonchev–Trinajstić information content (AvgIpc) is 2.48. The smallest absolute Gasteiger partial charge is 0.252 e. The van der Waals surface area contributed by atoms with Crippen LogP contribution in [0.1, 0.15) is 21.5 Å². The molecule has 0 aromatic heterocycles. The maximum absolute atomic E-state index is 12.3. The maximum atomic E-state index is 12.3. The lowest BCUT2D eigenvalue weighted by Crippen LogP contribution is -2.49. The third-order valence-corrected chi connectivity index (χ3v) is 3.93. The van der Waals surface area contributed by atoms with Gasteiger partial charge in [0, 0.05) is 11.3 Å². The number of rotatable bonds is 4. The largest absolute Gasteiger partial charge is 0.362 e. The van der Waals surface area contributed by atoms with Crippen LogP contribution in [-0.4, -0.2) is 15.9 Å². The van der Waals surface area contributed by atoms with E-state index in [2.05, 4.69) is 10.6 Å². The molecule has 2 aromatic carbocycles. The minimum absolute atomic E-state index is 0.319. The minimum Gasteiger partial charge on any atom is -0.362 e. The van der Waals surface area contributed by atoms with Gasteiger partial charge in [-0.1, -0.05) is 70.2 Å². The topological polar surface area (TPSA) is 41.1 Å². The summed E-state index contributed by atoms with van der Waals surface area (Å²) in [6, 6.07) is 14.7. The molecule has 2 aromatic rings. The average molecular weight is 372 g/mol. The predicted molar refractivity (Wildman–Crippen MR) is 97.5 cm³/mol. The normalized spacial score (nSPS) is 12.6. The van der Waals surface area contributed by atoms with E-state index in [1.54, 1.807) is 12.1 Å². The zero-order valence-corrected chi connectivity index (χ0v) is 15.0. The molecule has 0 aliphatic carbocycles. The van der Waals surface area contributed by atoms with Crippen LogP contribution in [0.25, 0.3) is 0 Å². The summed E-state index contributed by atoms with van der Waals surface area (Å²) in [6.07, 6.45) is -0.871. The first kappa shape index (κ1) is 17.9. The Labute approximate surface area is 150 Å². The highest BCUT2D eigenvalue weighted by Gasteiger charge is 2.34. The highest BCUT2D eigenvalue weighted by molar-refractivity contribution is 6.68. The van der Waals surface area contributed by atoms with Gasteiger partial charge in [0.15, 0.2) is 0 Å². The fraction of sp³-hybridized carbons (Fsp3) is 0.235. The maximum Gasteiger partial charge on any atom is 0.252 e. The number of benzene rings is 2. The van der Waals surface area contributed by atoms with Crippen molar-refractivity contribution in [2.75, 3.05) is 5.32 Å². The first-order chi connectivity index (χ1) is 10.8. The molecule has 3 nitrogen and oxygen atoms in total. The molecular formula is C17H17Cl3N2O. The molecule has 0 saturated heterocycles. The minimum atomic E-state index is -1.70. The van der Waals surface area contributed by atoms with Crippen molar-refractivity contribution >= 4 is 46.4 Å². The number of halogens is 3. The number of aryl methyl sites for hydroxylation is 2. The number of hydrogen-bond acceptors (Lipinski definition) is 2. The lowest BCUT2D eigenvalue weighted by molar-refractivity contribution is 0.0942. The van der Waals surface area contributed by atoms with Crippen LogP contribution in [-0.2, 0) is 0 Å². The van der Waals surface area contributed by atoms with Crippen LogP contribution < -0.4 is 10.6 Å². The quantitative estimate of drug-likeness (QED) is 0.596. The first-order valence-electron chi connectivity index (χ1n) is 7.03. The third kappa shape index (κ3) is 5.31. The van der Waals surface area contributed by atoms with Gasteiger partial charge in [0.25, 0.3) is 5.91 Å². The predicted octanol–water partition coefficient (Wildman–Crippen LogP) is 4.84. The fourth-order valence-electron chi connectivity index (χ4n) is 1.94. The van der Waals surface area contributed by atoms with Crippen molar-refractivity contribution in [3.8, 4) is 0 Å². The summed E-state index contributed by atoms with van der Waals surface area (Å²) < 4.78 is -1.70. The van der Waals surface area contributed by atoms with Crippen molar-refractivity contribution in [1.29, 1.82) is 0 Å². The van der Waals surface area contributed by atoms with Crippen LogP contribution in [0.15, 0.2) is 48.5 Å². The van der Waals surface area contributed by atoms with Crippen LogP contribution in [0, 0.1) is 13.8 Å². The number of hydrogen-bond donors (Lipinski definition) is 2. The molecular weight excluding hydrogens is 355 g/mol. The number of carbonyl (C=O) groups excluding carboxylic acids is 1. The summed E-state index contributed by atoms with van der Waals surface area (Å²) in [5.41, 5.74) is 3.43. The monoisotopic (exact) mass is 370 g/mol. The molecule has 0 bridgehead atoms. The molecule has 0 unspecified atom stereocenters. The van der Waals surface area contributed by atoms with Crippen LogP contribution >= 0.6 is 34.8 Å². The Hall–Kier alpha value is -1.42. The summed E-state index contributed by atoms with van der Waals surface area (Å²) in [4.78, 5) is 12.3. The van der Waals surface area contributed by atoms with E-state index in [4.69, 9.17) is 34.8 Å². The summed E-state index contributed by atoms with van der Waals surface area (Å²) in [7, 11) is 0. The van der Waals surface area contributed by atoms with Crippen molar-refractivity contribution < 1.29 is 4.79 Å². The van der Waals surface area contributed by atoms with Crippen LogP contribution in [0.3, 0.4) is 0 Å². The molecule has 6 heteroatoms. The number of nitrogens with one attached hydrogen (secondary N) is 2. The molecule has 0 aliphatic heterocycles. The lowest BCUT2D eigenvalue weighted by atomic mass is 10.1. The van der Waals surface area contributed by atoms with Gasteiger partial charge in [0.2, 0.25) is 3.79 Å². The lowest BCUT2D eigenvalue weighted by Gasteiger charge is -2.27. The molecule has 0 fully saturated rings. The van der Waals surface area contributed by atoms with Gasteiger partial charge in [0.05, 0.1) is 0 Å². The molecule has 23 heavy (non-hydrogen) atoms. The van der Waals surface area contributed by atoms with Crippen LogP contribution in [0.5, 0.6) is 0 Å². The van der Waals surface area contributed by atoms with E-state index < -0.39 is 9.96 Å². The van der Waals surface area contributed by atoms with Gasteiger partial charge >= 0.3 is 0 Å². The standard InChI is InChI=1S/C17H17Cl3N2O/c1-11-3-7-13(8-4-11)15(23)22-16(17(18,19)20)21-14-9-5-12(2)6-10-14/h3-10,16,21H,1-2H3,(H,22,23)/t16-/m0/s1. The van der Waals surface area contributed by atoms with Gasteiger partial charge in [-0.15, -0.1) is 0 Å². The second-order valence-electron chi connectivity index (χ2n) is 5.32. The number of anilines is 1. The van der Waals surface area contributed by atoms with Crippen molar-refractivity contribution in [2.24, 2.45) is 0 Å². The van der Waals surface area contributed by atoms with Crippen LogP contribution in [0.2, 0.25) is 0 Å². The van der Waals surface area contributed by atoms with Crippen LogP contribution in [0.4, 0.5) is 5.69 Å². The highest BCUT2D eigenvalue weighted by Crippen LogP contribution is 2.31. The summed E-state index contributed by atoms with van der Waals surface area (Å²) in [5, 5.41) is 5.74. The van der Waals surface area contributed by atoms with E-state index in [1.165, 1.54) is 0 Å². The van der Waals surface area contributed by atoms with E-state index >= 15 is 0 Å². The molecule has 0 radical (unpaired) electrons. The van der Waals surface area contributed by atoms with E-state index in [-0.39, 0.29) is 5.91 Å². The summed E-state index contributed by atoms with van der Waals surface area (Å²) in [6.45, 7) is 3.93.